The summed E-state index contributed by atoms with van der Waals surface area (Å²) in [5, 5.41) is 9.41. The molecular formula is C11H13ClO4. The van der Waals surface area contributed by atoms with E-state index in [4.69, 9.17) is 26.2 Å². The van der Waals surface area contributed by atoms with E-state index in [0.29, 0.717) is 16.3 Å². The molecule has 0 saturated heterocycles. The zero-order valence-electron chi connectivity index (χ0n) is 9.07. The van der Waals surface area contributed by atoms with Gasteiger partial charge in [-0.1, -0.05) is 11.6 Å². The van der Waals surface area contributed by atoms with Crippen molar-refractivity contribution in [1.29, 1.82) is 0 Å². The molecule has 1 aromatic rings. The maximum atomic E-state index is 10.8. The van der Waals surface area contributed by atoms with Gasteiger partial charge in [-0.3, -0.25) is 0 Å². The van der Waals surface area contributed by atoms with Gasteiger partial charge >= 0.3 is 5.97 Å². The van der Waals surface area contributed by atoms with Crippen molar-refractivity contribution in [2.24, 2.45) is 0 Å². The minimum Gasteiger partial charge on any atom is -0.496 e. The predicted octanol–water partition coefficient (Wildman–Crippen LogP) is 1.99. The van der Waals surface area contributed by atoms with Crippen LogP contribution in [0.4, 0.5) is 0 Å². The number of carboxylic acids is 1. The van der Waals surface area contributed by atoms with E-state index in [1.165, 1.54) is 14.2 Å². The minimum atomic E-state index is -1.01. The summed E-state index contributed by atoms with van der Waals surface area (Å²) in [6.45, 7) is 0. The second kappa shape index (κ2) is 5.72. The summed E-state index contributed by atoms with van der Waals surface area (Å²) in [4.78, 5) is 10.8. The number of rotatable bonds is 5. The summed E-state index contributed by atoms with van der Waals surface area (Å²) in [5.74, 6) is -0.405. The number of hydrogen-bond acceptors (Lipinski definition) is 3. The molecule has 0 unspecified atom stereocenters. The first-order valence-electron chi connectivity index (χ1n) is 4.66. The summed E-state index contributed by atoms with van der Waals surface area (Å²) in [7, 11) is 2.88. The molecule has 88 valence electrons. The fourth-order valence-corrected chi connectivity index (χ4v) is 1.57. The van der Waals surface area contributed by atoms with Crippen LogP contribution < -0.4 is 4.74 Å². The molecule has 0 spiro atoms. The van der Waals surface area contributed by atoms with Crippen LogP contribution in [0.3, 0.4) is 0 Å². The Kier molecular flexibility index (Phi) is 4.58. The highest BCUT2D eigenvalue weighted by Gasteiger charge is 2.19. The van der Waals surface area contributed by atoms with Gasteiger partial charge in [-0.2, -0.15) is 0 Å². The van der Waals surface area contributed by atoms with Gasteiger partial charge in [0.15, 0.2) is 6.10 Å². The van der Waals surface area contributed by atoms with Crippen molar-refractivity contribution < 1.29 is 19.4 Å². The lowest BCUT2D eigenvalue weighted by atomic mass is 10.1. The third-order valence-corrected chi connectivity index (χ3v) is 2.44. The van der Waals surface area contributed by atoms with E-state index in [2.05, 4.69) is 0 Å². The smallest absolute Gasteiger partial charge is 0.333 e. The SMILES string of the molecule is COc1ccc(Cl)cc1C[C@H](OC)C(=O)O. The topological polar surface area (TPSA) is 55.8 Å². The van der Waals surface area contributed by atoms with Crippen LogP contribution in [0.25, 0.3) is 0 Å². The Balaban J connectivity index is 2.93. The largest absolute Gasteiger partial charge is 0.496 e. The van der Waals surface area contributed by atoms with E-state index in [1.807, 2.05) is 0 Å². The molecule has 0 aromatic heterocycles. The van der Waals surface area contributed by atoms with Gasteiger partial charge in [0.2, 0.25) is 0 Å². The third-order valence-electron chi connectivity index (χ3n) is 2.21. The molecule has 0 radical (unpaired) electrons. The van der Waals surface area contributed by atoms with E-state index in [1.54, 1.807) is 18.2 Å². The minimum absolute atomic E-state index is 0.218. The Morgan fingerprint density at radius 1 is 1.50 bits per heavy atom. The van der Waals surface area contributed by atoms with Gasteiger partial charge in [0, 0.05) is 18.6 Å². The van der Waals surface area contributed by atoms with Crippen molar-refractivity contribution in [1.82, 2.24) is 0 Å². The quantitative estimate of drug-likeness (QED) is 0.861. The number of ether oxygens (including phenoxy) is 2. The Morgan fingerprint density at radius 2 is 2.19 bits per heavy atom. The highest BCUT2D eigenvalue weighted by Crippen LogP contribution is 2.24. The second-order valence-corrected chi connectivity index (χ2v) is 3.66. The standard InChI is InChI=1S/C11H13ClO4/c1-15-9-4-3-8(12)5-7(9)6-10(16-2)11(13)14/h3-5,10H,6H2,1-2H3,(H,13,14)/t10-/m0/s1. The first kappa shape index (κ1) is 12.8. The zero-order chi connectivity index (χ0) is 12.1. The molecule has 4 nitrogen and oxygen atoms in total. The third kappa shape index (κ3) is 3.12. The fourth-order valence-electron chi connectivity index (χ4n) is 1.38. The van der Waals surface area contributed by atoms with Gasteiger partial charge in [0.25, 0.3) is 0 Å². The number of carboxylic acid groups (broad SMARTS) is 1. The number of halogens is 1. The van der Waals surface area contributed by atoms with Crippen LogP contribution in [0.5, 0.6) is 5.75 Å². The summed E-state index contributed by atoms with van der Waals surface area (Å²) < 4.78 is 9.98. The van der Waals surface area contributed by atoms with Gasteiger partial charge < -0.3 is 14.6 Å². The van der Waals surface area contributed by atoms with E-state index < -0.39 is 12.1 Å². The molecular weight excluding hydrogens is 232 g/mol. The predicted molar refractivity (Wildman–Crippen MR) is 60.1 cm³/mol. The van der Waals surface area contributed by atoms with Gasteiger partial charge in [0.1, 0.15) is 5.75 Å². The first-order valence-corrected chi connectivity index (χ1v) is 5.04. The zero-order valence-corrected chi connectivity index (χ0v) is 9.82. The summed E-state index contributed by atoms with van der Waals surface area (Å²) >= 11 is 5.84. The van der Waals surface area contributed by atoms with Crippen LogP contribution in [0.2, 0.25) is 5.02 Å². The van der Waals surface area contributed by atoms with Crippen LogP contribution in [-0.2, 0) is 16.0 Å². The van der Waals surface area contributed by atoms with E-state index in [9.17, 15) is 4.79 Å². The van der Waals surface area contributed by atoms with Crippen molar-refractivity contribution in [2.75, 3.05) is 14.2 Å². The molecule has 16 heavy (non-hydrogen) atoms. The van der Waals surface area contributed by atoms with Crippen molar-refractivity contribution >= 4 is 17.6 Å². The lowest BCUT2D eigenvalue weighted by Crippen LogP contribution is -2.25. The molecule has 0 aliphatic rings. The van der Waals surface area contributed by atoms with Gasteiger partial charge in [-0.05, 0) is 23.8 Å². The molecule has 0 bridgehead atoms. The molecule has 1 N–H and O–H groups in total. The van der Waals surface area contributed by atoms with E-state index in [0.717, 1.165) is 0 Å². The van der Waals surface area contributed by atoms with Gasteiger partial charge in [0.05, 0.1) is 7.11 Å². The average Bonchev–Trinajstić information content (AvgIpc) is 2.25. The monoisotopic (exact) mass is 244 g/mol. The molecule has 0 saturated carbocycles. The number of carbonyl (C=O) groups is 1. The number of hydrogen-bond donors (Lipinski definition) is 1. The highest BCUT2D eigenvalue weighted by molar-refractivity contribution is 6.30. The molecule has 5 heteroatoms. The number of methoxy groups -OCH3 is 2. The Morgan fingerprint density at radius 3 is 2.69 bits per heavy atom. The molecule has 0 aliphatic carbocycles. The van der Waals surface area contributed by atoms with E-state index in [-0.39, 0.29) is 6.42 Å². The Labute approximate surface area is 98.7 Å². The van der Waals surface area contributed by atoms with Crippen LogP contribution >= 0.6 is 11.6 Å². The van der Waals surface area contributed by atoms with Crippen LogP contribution in [-0.4, -0.2) is 31.4 Å². The van der Waals surface area contributed by atoms with Crippen molar-refractivity contribution in [2.45, 2.75) is 12.5 Å². The van der Waals surface area contributed by atoms with Gasteiger partial charge in [-0.15, -0.1) is 0 Å². The van der Waals surface area contributed by atoms with Gasteiger partial charge in [-0.25, -0.2) is 4.79 Å². The van der Waals surface area contributed by atoms with Crippen molar-refractivity contribution in [3.8, 4) is 5.75 Å². The summed E-state index contributed by atoms with van der Waals surface area (Å²) in [5.41, 5.74) is 0.712. The van der Waals surface area contributed by atoms with Crippen LogP contribution in [0, 0.1) is 0 Å². The first-order chi connectivity index (χ1) is 7.58. The average molecular weight is 245 g/mol. The molecule has 0 amide bonds. The Hall–Kier alpha value is -1.26. The molecule has 0 aliphatic heterocycles. The summed E-state index contributed by atoms with van der Waals surface area (Å²) in [6.07, 6.45) is -0.678. The molecule has 1 atom stereocenters. The molecule has 0 heterocycles. The lowest BCUT2D eigenvalue weighted by Gasteiger charge is -2.13. The lowest BCUT2D eigenvalue weighted by molar-refractivity contribution is -0.148. The normalized spacial score (nSPS) is 12.2. The van der Waals surface area contributed by atoms with Crippen LogP contribution in [0.1, 0.15) is 5.56 Å². The summed E-state index contributed by atoms with van der Waals surface area (Å²) in [6, 6.07) is 5.06. The van der Waals surface area contributed by atoms with Crippen LogP contribution in [0.15, 0.2) is 18.2 Å². The maximum absolute atomic E-state index is 10.8. The molecule has 1 aromatic carbocycles. The second-order valence-electron chi connectivity index (χ2n) is 3.22. The Bertz CT molecular complexity index is 378. The highest BCUT2D eigenvalue weighted by atomic mass is 35.5. The molecule has 1 rings (SSSR count). The fraction of sp³-hybridized carbons (Fsp3) is 0.364. The molecule has 0 fully saturated rings. The van der Waals surface area contributed by atoms with Crippen molar-refractivity contribution in [3.63, 3.8) is 0 Å². The van der Waals surface area contributed by atoms with Crippen molar-refractivity contribution in [3.05, 3.63) is 28.8 Å². The van der Waals surface area contributed by atoms with E-state index >= 15 is 0 Å². The maximum Gasteiger partial charge on any atom is 0.333 e. The number of benzene rings is 1. The number of aliphatic carboxylic acids is 1.